The predicted octanol–water partition coefficient (Wildman–Crippen LogP) is 1.17. The van der Waals surface area contributed by atoms with Crippen molar-refractivity contribution in [3.63, 3.8) is 0 Å². The van der Waals surface area contributed by atoms with E-state index in [-0.39, 0.29) is 5.03 Å². The molecule has 1 aromatic carbocycles. The summed E-state index contributed by atoms with van der Waals surface area (Å²) in [6, 6.07) is 3.38. The van der Waals surface area contributed by atoms with Crippen molar-refractivity contribution in [1.82, 2.24) is 10.2 Å². The average Bonchev–Trinajstić information content (AvgIpc) is 2.55. The highest BCUT2D eigenvalue weighted by Gasteiger charge is 2.18. The molecule has 5 nitrogen and oxygen atoms in total. The van der Waals surface area contributed by atoms with E-state index in [2.05, 4.69) is 10.2 Å². The molecule has 0 fully saturated rings. The number of rotatable bonds is 1. The minimum atomic E-state index is -3.80. The molecule has 0 spiro atoms. The van der Waals surface area contributed by atoms with E-state index in [1.54, 1.807) is 19.1 Å². The number of halogens is 1. The Morgan fingerprint density at radius 2 is 2.13 bits per heavy atom. The van der Waals surface area contributed by atoms with Gasteiger partial charge in [0.05, 0.1) is 5.02 Å². The van der Waals surface area contributed by atoms with Gasteiger partial charge in [-0.3, -0.25) is 5.10 Å². The van der Waals surface area contributed by atoms with Crippen LogP contribution in [0, 0.1) is 6.92 Å². The second-order valence-corrected chi connectivity index (χ2v) is 5.09. The van der Waals surface area contributed by atoms with E-state index in [0.29, 0.717) is 15.9 Å². The Balaban J connectivity index is 2.98. The van der Waals surface area contributed by atoms with Crippen LogP contribution in [0.3, 0.4) is 0 Å². The van der Waals surface area contributed by atoms with Gasteiger partial charge in [0.1, 0.15) is 5.52 Å². The Kier molecular flexibility index (Phi) is 2.22. The average molecular weight is 246 g/mol. The van der Waals surface area contributed by atoms with Crippen LogP contribution in [0.15, 0.2) is 17.2 Å². The van der Waals surface area contributed by atoms with Crippen molar-refractivity contribution in [3.05, 3.63) is 22.7 Å². The quantitative estimate of drug-likeness (QED) is 0.790. The molecule has 0 aliphatic rings. The molecule has 1 aromatic heterocycles. The van der Waals surface area contributed by atoms with E-state index in [9.17, 15) is 8.42 Å². The maximum atomic E-state index is 11.2. The molecule has 80 valence electrons. The zero-order valence-electron chi connectivity index (χ0n) is 7.78. The van der Waals surface area contributed by atoms with Crippen LogP contribution in [0.25, 0.3) is 10.9 Å². The maximum absolute atomic E-state index is 11.2. The fourth-order valence-corrected chi connectivity index (χ4v) is 2.35. The molecule has 2 rings (SSSR count). The van der Waals surface area contributed by atoms with E-state index in [4.69, 9.17) is 16.7 Å². The summed E-state index contributed by atoms with van der Waals surface area (Å²) >= 11 is 5.87. The molecule has 2 aromatic rings. The molecule has 0 bridgehead atoms. The summed E-state index contributed by atoms with van der Waals surface area (Å²) in [4.78, 5) is 0. The van der Waals surface area contributed by atoms with Crippen LogP contribution in [0.4, 0.5) is 0 Å². The number of nitrogens with two attached hydrogens (primary N) is 1. The monoisotopic (exact) mass is 245 g/mol. The Labute approximate surface area is 91.3 Å². The van der Waals surface area contributed by atoms with Crippen LogP contribution < -0.4 is 5.14 Å². The fourth-order valence-electron chi connectivity index (χ4n) is 1.43. The first kappa shape index (κ1) is 10.4. The van der Waals surface area contributed by atoms with Gasteiger partial charge in [-0.1, -0.05) is 17.7 Å². The van der Waals surface area contributed by atoms with Crippen molar-refractivity contribution in [2.24, 2.45) is 5.14 Å². The first-order valence-electron chi connectivity index (χ1n) is 4.07. The van der Waals surface area contributed by atoms with Gasteiger partial charge < -0.3 is 0 Å². The van der Waals surface area contributed by atoms with Crippen molar-refractivity contribution in [1.29, 1.82) is 0 Å². The van der Waals surface area contributed by atoms with E-state index in [0.717, 1.165) is 5.56 Å². The number of aromatic amines is 1. The minimum Gasteiger partial charge on any atom is -0.265 e. The van der Waals surface area contributed by atoms with E-state index in [1.807, 2.05) is 0 Å². The number of benzene rings is 1. The fraction of sp³-hybridized carbons (Fsp3) is 0.125. The van der Waals surface area contributed by atoms with Gasteiger partial charge in [-0.15, -0.1) is 0 Å². The van der Waals surface area contributed by atoms with Gasteiger partial charge in [0.2, 0.25) is 0 Å². The van der Waals surface area contributed by atoms with E-state index >= 15 is 0 Å². The highest BCUT2D eigenvalue weighted by molar-refractivity contribution is 7.89. The highest BCUT2D eigenvalue weighted by atomic mass is 35.5. The number of sulfonamides is 1. The molecule has 0 aliphatic heterocycles. The Morgan fingerprint density at radius 3 is 2.73 bits per heavy atom. The van der Waals surface area contributed by atoms with Crippen molar-refractivity contribution >= 4 is 32.5 Å². The van der Waals surface area contributed by atoms with E-state index in [1.165, 1.54) is 0 Å². The summed E-state index contributed by atoms with van der Waals surface area (Å²) < 4.78 is 22.5. The van der Waals surface area contributed by atoms with Crippen molar-refractivity contribution in [2.75, 3.05) is 0 Å². The van der Waals surface area contributed by atoms with Gasteiger partial charge in [-0.25, -0.2) is 13.6 Å². The highest BCUT2D eigenvalue weighted by Crippen LogP contribution is 2.28. The summed E-state index contributed by atoms with van der Waals surface area (Å²) in [5.41, 5.74) is 1.17. The standard InChI is InChI=1S/C8H8ClN3O2S/c1-4-2-3-5(9)7-6(4)8(12-11-7)15(10,13)14/h2-3H,1H3,(H,11,12)(H2,10,13,14). The molecule has 7 heteroatoms. The second-order valence-electron chi connectivity index (χ2n) is 3.19. The third kappa shape index (κ3) is 1.60. The molecule has 0 radical (unpaired) electrons. The summed E-state index contributed by atoms with van der Waals surface area (Å²) in [5, 5.41) is 12.0. The number of H-pyrrole nitrogens is 1. The number of fused-ring (bicyclic) bond motifs is 1. The van der Waals surface area contributed by atoms with Gasteiger partial charge in [0, 0.05) is 5.39 Å². The molecule has 0 amide bonds. The zero-order chi connectivity index (χ0) is 11.2. The molecule has 0 unspecified atom stereocenters. The third-order valence-electron chi connectivity index (χ3n) is 2.12. The summed E-state index contributed by atoms with van der Waals surface area (Å²) in [7, 11) is -3.80. The summed E-state index contributed by atoms with van der Waals surface area (Å²) in [6.45, 7) is 1.77. The van der Waals surface area contributed by atoms with Crippen molar-refractivity contribution in [2.45, 2.75) is 11.9 Å². The second kappa shape index (κ2) is 3.19. The molecule has 15 heavy (non-hydrogen) atoms. The van der Waals surface area contributed by atoms with Crippen LogP contribution in [0.1, 0.15) is 5.56 Å². The topological polar surface area (TPSA) is 88.8 Å². The zero-order valence-corrected chi connectivity index (χ0v) is 9.35. The normalized spacial score (nSPS) is 12.2. The molecule has 1 heterocycles. The van der Waals surface area contributed by atoms with Gasteiger partial charge in [-0.2, -0.15) is 5.10 Å². The molecular weight excluding hydrogens is 238 g/mol. The van der Waals surface area contributed by atoms with Crippen molar-refractivity contribution in [3.8, 4) is 0 Å². The molecule has 0 saturated heterocycles. The molecular formula is C8H8ClN3O2S. The number of aryl methyl sites for hydroxylation is 1. The summed E-state index contributed by atoms with van der Waals surface area (Å²) in [5.74, 6) is 0. The molecule has 0 aliphatic carbocycles. The first-order valence-corrected chi connectivity index (χ1v) is 5.99. The summed E-state index contributed by atoms with van der Waals surface area (Å²) in [6.07, 6.45) is 0. The number of aromatic nitrogens is 2. The Bertz CT molecular complexity index is 633. The van der Waals surface area contributed by atoms with Crippen LogP contribution in [-0.2, 0) is 10.0 Å². The Hall–Kier alpha value is -1.11. The lowest BCUT2D eigenvalue weighted by Gasteiger charge is -1.99. The van der Waals surface area contributed by atoms with Crippen LogP contribution in [0.2, 0.25) is 5.02 Å². The molecule has 0 atom stereocenters. The van der Waals surface area contributed by atoms with Gasteiger partial charge in [-0.05, 0) is 18.6 Å². The van der Waals surface area contributed by atoms with Gasteiger partial charge >= 0.3 is 0 Å². The third-order valence-corrected chi connectivity index (χ3v) is 3.29. The van der Waals surface area contributed by atoms with Gasteiger partial charge in [0.15, 0.2) is 5.03 Å². The first-order chi connectivity index (χ1) is 6.91. The lowest BCUT2D eigenvalue weighted by molar-refractivity contribution is 0.594. The SMILES string of the molecule is Cc1ccc(Cl)c2n[nH]c(S(N)(=O)=O)c12. The number of hydrogen-bond acceptors (Lipinski definition) is 3. The maximum Gasteiger partial charge on any atom is 0.255 e. The van der Waals surface area contributed by atoms with Crippen LogP contribution in [-0.4, -0.2) is 18.6 Å². The number of hydrogen-bond donors (Lipinski definition) is 2. The van der Waals surface area contributed by atoms with Gasteiger partial charge in [0.25, 0.3) is 10.0 Å². The number of nitrogens with zero attached hydrogens (tertiary/aromatic N) is 1. The minimum absolute atomic E-state index is 0.0995. The van der Waals surface area contributed by atoms with Crippen molar-refractivity contribution < 1.29 is 8.42 Å². The van der Waals surface area contributed by atoms with E-state index < -0.39 is 10.0 Å². The Morgan fingerprint density at radius 1 is 1.47 bits per heavy atom. The smallest absolute Gasteiger partial charge is 0.255 e. The largest absolute Gasteiger partial charge is 0.265 e. The number of primary sulfonamides is 1. The van der Waals surface area contributed by atoms with Crippen LogP contribution >= 0.6 is 11.6 Å². The molecule has 3 N–H and O–H groups in total. The predicted molar refractivity (Wildman–Crippen MR) is 57.2 cm³/mol. The van der Waals surface area contributed by atoms with Crippen LogP contribution in [0.5, 0.6) is 0 Å². The lowest BCUT2D eigenvalue weighted by Crippen LogP contribution is -2.13. The molecule has 0 saturated carbocycles. The lowest BCUT2D eigenvalue weighted by atomic mass is 10.1. The number of nitrogens with one attached hydrogen (secondary N) is 1.